The molecule has 0 amide bonds. The molecule has 0 aromatic heterocycles. The highest BCUT2D eigenvalue weighted by Crippen LogP contribution is 2.10. The third kappa shape index (κ3) is 8.74. The SMILES string of the molecule is CCN(CC)CCCNC(=S)N(Cc1ccccc1)Cc1ccccc1.[Cl-]. The van der Waals surface area contributed by atoms with Gasteiger partial charge in [-0.2, -0.15) is 0 Å². The highest BCUT2D eigenvalue weighted by Gasteiger charge is 2.11. The van der Waals surface area contributed by atoms with E-state index in [-0.39, 0.29) is 12.4 Å². The van der Waals surface area contributed by atoms with Gasteiger partial charge < -0.3 is 27.5 Å². The van der Waals surface area contributed by atoms with Crippen molar-refractivity contribution in [1.82, 2.24) is 15.1 Å². The van der Waals surface area contributed by atoms with Crippen molar-refractivity contribution >= 4 is 17.3 Å². The van der Waals surface area contributed by atoms with Gasteiger partial charge in [0.15, 0.2) is 5.11 Å². The first-order valence-electron chi connectivity index (χ1n) is 9.56. The zero-order chi connectivity index (χ0) is 18.6. The molecule has 0 radical (unpaired) electrons. The molecule has 0 saturated heterocycles. The van der Waals surface area contributed by atoms with Gasteiger partial charge in [-0.15, -0.1) is 0 Å². The average Bonchev–Trinajstić information content (AvgIpc) is 2.69. The van der Waals surface area contributed by atoms with Crippen molar-refractivity contribution in [3.8, 4) is 0 Å². The summed E-state index contributed by atoms with van der Waals surface area (Å²) in [6.07, 6.45) is 1.10. The van der Waals surface area contributed by atoms with Crippen LogP contribution in [0, 0.1) is 0 Å². The highest BCUT2D eigenvalue weighted by atomic mass is 35.5. The molecule has 0 aliphatic rings. The third-order valence-corrected chi connectivity index (χ3v) is 4.94. The molecule has 0 atom stereocenters. The number of thiocarbonyl (C=S) groups is 1. The van der Waals surface area contributed by atoms with Gasteiger partial charge in [-0.1, -0.05) is 74.5 Å². The van der Waals surface area contributed by atoms with E-state index >= 15 is 0 Å². The van der Waals surface area contributed by atoms with Crippen LogP contribution >= 0.6 is 12.2 Å². The van der Waals surface area contributed by atoms with Crippen LogP contribution in [0.4, 0.5) is 0 Å². The molecule has 2 rings (SSSR count). The summed E-state index contributed by atoms with van der Waals surface area (Å²) in [6.45, 7) is 10.3. The molecule has 1 N–H and O–H groups in total. The van der Waals surface area contributed by atoms with E-state index in [0.29, 0.717) is 0 Å². The molecule has 3 nitrogen and oxygen atoms in total. The maximum absolute atomic E-state index is 5.71. The molecule has 0 aliphatic carbocycles. The number of hydrogen-bond donors (Lipinski definition) is 1. The number of nitrogens with zero attached hydrogens (tertiary/aromatic N) is 2. The lowest BCUT2D eigenvalue weighted by Crippen LogP contribution is -3.00. The van der Waals surface area contributed by atoms with Gasteiger partial charge in [0.1, 0.15) is 0 Å². The molecular weight excluding hydrogens is 374 g/mol. The lowest BCUT2D eigenvalue weighted by atomic mass is 10.2. The van der Waals surface area contributed by atoms with Crippen LogP contribution in [0.3, 0.4) is 0 Å². The molecule has 0 spiro atoms. The third-order valence-electron chi connectivity index (χ3n) is 4.54. The summed E-state index contributed by atoms with van der Waals surface area (Å²) in [6, 6.07) is 21.0. The molecule has 27 heavy (non-hydrogen) atoms. The molecule has 0 saturated carbocycles. The lowest BCUT2D eigenvalue weighted by Gasteiger charge is -2.27. The molecular formula is C22H31ClN3S-. The van der Waals surface area contributed by atoms with Crippen LogP contribution in [0.15, 0.2) is 60.7 Å². The molecule has 2 aromatic carbocycles. The number of rotatable bonds is 10. The molecule has 2 aromatic rings. The van der Waals surface area contributed by atoms with E-state index in [1.807, 2.05) is 0 Å². The molecule has 0 bridgehead atoms. The van der Waals surface area contributed by atoms with Gasteiger partial charge in [-0.05, 0) is 49.4 Å². The Balaban J connectivity index is 0.00000364. The monoisotopic (exact) mass is 404 g/mol. The van der Waals surface area contributed by atoms with E-state index in [1.165, 1.54) is 11.1 Å². The van der Waals surface area contributed by atoms with Crippen LogP contribution in [0.1, 0.15) is 31.4 Å². The standard InChI is InChI=1S/C22H31N3S.ClH/c1-3-24(4-2)17-11-16-23-22(26)25(18-20-12-7-5-8-13-20)19-21-14-9-6-10-15-21;/h5-10,12-15H,3-4,11,16-19H2,1-2H3,(H,23,26);1H/p-1. The second kappa shape index (κ2) is 13.5. The number of benzene rings is 2. The predicted octanol–water partition coefficient (Wildman–Crippen LogP) is 1.30. The van der Waals surface area contributed by atoms with Crippen molar-refractivity contribution in [2.24, 2.45) is 0 Å². The quantitative estimate of drug-likeness (QED) is 0.475. The summed E-state index contributed by atoms with van der Waals surface area (Å²) >= 11 is 5.71. The van der Waals surface area contributed by atoms with E-state index in [2.05, 4.69) is 89.6 Å². The van der Waals surface area contributed by atoms with Crippen molar-refractivity contribution < 1.29 is 12.4 Å². The Bertz CT molecular complexity index is 591. The average molecular weight is 405 g/mol. The fraction of sp³-hybridized carbons (Fsp3) is 0.409. The Morgan fingerprint density at radius 3 is 1.78 bits per heavy atom. The summed E-state index contributed by atoms with van der Waals surface area (Å²) in [5, 5.41) is 4.29. The van der Waals surface area contributed by atoms with Gasteiger partial charge in [0, 0.05) is 19.6 Å². The van der Waals surface area contributed by atoms with Gasteiger partial charge in [0.05, 0.1) is 0 Å². The Morgan fingerprint density at radius 2 is 1.33 bits per heavy atom. The molecule has 5 heteroatoms. The van der Waals surface area contributed by atoms with Crippen LogP contribution in [-0.2, 0) is 13.1 Å². The molecule has 0 unspecified atom stereocenters. The topological polar surface area (TPSA) is 18.5 Å². The minimum atomic E-state index is 0. The Morgan fingerprint density at radius 1 is 0.852 bits per heavy atom. The zero-order valence-electron chi connectivity index (χ0n) is 16.4. The van der Waals surface area contributed by atoms with Crippen molar-refractivity contribution in [2.45, 2.75) is 33.4 Å². The van der Waals surface area contributed by atoms with Crippen LogP contribution in [0.5, 0.6) is 0 Å². The molecule has 0 aliphatic heterocycles. The fourth-order valence-corrected chi connectivity index (χ4v) is 3.19. The lowest BCUT2D eigenvalue weighted by molar-refractivity contribution is -0.00000542. The van der Waals surface area contributed by atoms with Crippen molar-refractivity contribution in [3.05, 3.63) is 71.8 Å². The van der Waals surface area contributed by atoms with Gasteiger partial charge in [0.2, 0.25) is 0 Å². The van der Waals surface area contributed by atoms with Gasteiger partial charge >= 0.3 is 0 Å². The smallest absolute Gasteiger partial charge is 0.169 e. The summed E-state index contributed by atoms with van der Waals surface area (Å²) in [5.41, 5.74) is 2.55. The fourth-order valence-electron chi connectivity index (χ4n) is 2.96. The van der Waals surface area contributed by atoms with Crippen LogP contribution in [0.25, 0.3) is 0 Å². The van der Waals surface area contributed by atoms with Gasteiger partial charge in [0.25, 0.3) is 0 Å². The van der Waals surface area contributed by atoms with Crippen LogP contribution in [0.2, 0.25) is 0 Å². The van der Waals surface area contributed by atoms with E-state index in [0.717, 1.165) is 50.8 Å². The maximum Gasteiger partial charge on any atom is 0.169 e. The van der Waals surface area contributed by atoms with E-state index < -0.39 is 0 Å². The minimum absolute atomic E-state index is 0. The minimum Gasteiger partial charge on any atom is -1.00 e. The van der Waals surface area contributed by atoms with Crippen LogP contribution in [-0.4, -0.2) is 41.1 Å². The number of nitrogens with one attached hydrogen (secondary N) is 1. The van der Waals surface area contributed by atoms with Crippen molar-refractivity contribution in [1.29, 1.82) is 0 Å². The normalized spacial score (nSPS) is 10.3. The first-order chi connectivity index (χ1) is 12.7. The zero-order valence-corrected chi connectivity index (χ0v) is 18.0. The molecule has 148 valence electrons. The largest absolute Gasteiger partial charge is 1.00 e. The first kappa shape index (κ1) is 23.4. The Kier molecular flexibility index (Phi) is 11.7. The molecule has 0 heterocycles. The predicted molar refractivity (Wildman–Crippen MR) is 115 cm³/mol. The maximum atomic E-state index is 5.71. The molecule has 0 fully saturated rings. The van der Waals surface area contributed by atoms with Crippen molar-refractivity contribution in [2.75, 3.05) is 26.2 Å². The van der Waals surface area contributed by atoms with Gasteiger partial charge in [-0.25, -0.2) is 0 Å². The number of hydrogen-bond acceptors (Lipinski definition) is 2. The summed E-state index contributed by atoms with van der Waals surface area (Å²) in [5.74, 6) is 0. The second-order valence-corrected chi connectivity index (χ2v) is 6.83. The first-order valence-corrected chi connectivity index (χ1v) is 9.96. The Hall–Kier alpha value is -1.62. The Labute approximate surface area is 176 Å². The van der Waals surface area contributed by atoms with E-state index in [1.54, 1.807) is 0 Å². The van der Waals surface area contributed by atoms with E-state index in [9.17, 15) is 0 Å². The second-order valence-electron chi connectivity index (χ2n) is 6.44. The van der Waals surface area contributed by atoms with E-state index in [4.69, 9.17) is 12.2 Å². The van der Waals surface area contributed by atoms with Gasteiger partial charge in [-0.3, -0.25) is 0 Å². The summed E-state index contributed by atoms with van der Waals surface area (Å²) in [4.78, 5) is 4.69. The highest BCUT2D eigenvalue weighted by molar-refractivity contribution is 7.80. The van der Waals surface area contributed by atoms with Crippen molar-refractivity contribution in [3.63, 3.8) is 0 Å². The summed E-state index contributed by atoms with van der Waals surface area (Å²) < 4.78 is 0. The number of halogens is 1. The summed E-state index contributed by atoms with van der Waals surface area (Å²) in [7, 11) is 0. The van der Waals surface area contributed by atoms with Crippen LogP contribution < -0.4 is 17.7 Å².